The first-order chi connectivity index (χ1) is 11.7. The van der Waals surface area contributed by atoms with Crippen molar-refractivity contribution in [3.8, 4) is 0 Å². The van der Waals surface area contributed by atoms with Crippen molar-refractivity contribution in [1.29, 1.82) is 0 Å². The van der Waals surface area contributed by atoms with Crippen molar-refractivity contribution in [2.45, 2.75) is 65.7 Å². The van der Waals surface area contributed by atoms with E-state index < -0.39 is 0 Å². The number of hydrogen-bond donors (Lipinski definition) is 1. The third-order valence-electron chi connectivity index (χ3n) is 6.45. The quantitative estimate of drug-likeness (QED) is 0.445. The van der Waals surface area contributed by atoms with E-state index in [0.29, 0.717) is 0 Å². The maximum atomic E-state index is 3.79. The van der Waals surface area contributed by atoms with Gasteiger partial charge in [-0.05, 0) is 81.3 Å². The molecule has 3 aliphatic rings. The van der Waals surface area contributed by atoms with Gasteiger partial charge in [0, 0.05) is 12.2 Å². The number of fused-ring (bicyclic) bond motifs is 3. The van der Waals surface area contributed by atoms with Crippen LogP contribution in [0.1, 0.15) is 63.0 Å². The minimum Gasteiger partial charge on any atom is -0.385 e. The summed E-state index contributed by atoms with van der Waals surface area (Å²) in [6, 6.07) is 6.78. The highest BCUT2D eigenvalue weighted by Gasteiger charge is 2.41. The number of aryl methyl sites for hydroxylation is 2. The number of nitrogens with one attached hydrogen (secondary N) is 1. The Bertz CT molecular complexity index is 551. The number of allylic oxidation sites excluding steroid dienone is 2. The molecule has 0 spiro atoms. The topological polar surface area (TPSA) is 12.0 Å². The van der Waals surface area contributed by atoms with Gasteiger partial charge in [-0.1, -0.05) is 49.6 Å². The summed E-state index contributed by atoms with van der Waals surface area (Å²) in [5, 5.41) is 3.79. The number of hydrogen-bond acceptors (Lipinski definition) is 1. The van der Waals surface area contributed by atoms with Gasteiger partial charge in [0.2, 0.25) is 0 Å². The van der Waals surface area contributed by atoms with Crippen LogP contribution in [0.25, 0.3) is 0 Å². The third kappa shape index (κ3) is 4.05. The van der Waals surface area contributed by atoms with Crippen LogP contribution in [-0.2, 0) is 0 Å². The minimum absolute atomic E-state index is 0.813. The Morgan fingerprint density at radius 3 is 2.54 bits per heavy atom. The first-order valence-corrected chi connectivity index (χ1v) is 10.2. The summed E-state index contributed by atoms with van der Waals surface area (Å²) < 4.78 is 0. The summed E-state index contributed by atoms with van der Waals surface area (Å²) in [5.74, 6) is 3.52. The van der Waals surface area contributed by atoms with Crippen LogP contribution in [0.5, 0.6) is 0 Å². The highest BCUT2D eigenvalue weighted by atomic mass is 14.9. The number of unbranched alkanes of at least 4 members (excludes halogenated alkanes) is 2. The van der Waals surface area contributed by atoms with Crippen LogP contribution in [0.2, 0.25) is 0 Å². The first kappa shape index (κ1) is 17.6. The molecule has 1 aromatic carbocycles. The highest BCUT2D eigenvalue weighted by molar-refractivity contribution is 5.52. The molecule has 132 valence electrons. The Morgan fingerprint density at radius 2 is 1.83 bits per heavy atom. The van der Waals surface area contributed by atoms with Crippen molar-refractivity contribution >= 4 is 5.69 Å². The normalized spacial score (nSPS) is 29.3. The van der Waals surface area contributed by atoms with Crippen LogP contribution in [0, 0.1) is 37.5 Å². The zero-order valence-corrected chi connectivity index (χ0v) is 15.9. The van der Waals surface area contributed by atoms with E-state index in [-0.39, 0.29) is 0 Å². The van der Waals surface area contributed by atoms with Gasteiger partial charge >= 0.3 is 0 Å². The average molecular weight is 326 g/mol. The van der Waals surface area contributed by atoms with Crippen LogP contribution in [0.3, 0.4) is 0 Å². The fourth-order valence-corrected chi connectivity index (χ4v) is 5.04. The molecular formula is C23H35N. The van der Waals surface area contributed by atoms with Crippen LogP contribution in [-0.4, -0.2) is 6.54 Å². The molecular weight excluding hydrogens is 290 g/mol. The first-order valence-electron chi connectivity index (χ1n) is 10.2. The molecule has 0 saturated heterocycles. The largest absolute Gasteiger partial charge is 0.385 e. The molecule has 0 radical (unpaired) electrons. The molecule has 1 N–H and O–H groups in total. The average Bonchev–Trinajstić information content (AvgIpc) is 2.59. The van der Waals surface area contributed by atoms with Gasteiger partial charge in [0.1, 0.15) is 0 Å². The summed E-state index contributed by atoms with van der Waals surface area (Å²) in [4.78, 5) is 0. The summed E-state index contributed by atoms with van der Waals surface area (Å²) in [7, 11) is 0. The Hall–Kier alpha value is -1.24. The van der Waals surface area contributed by atoms with E-state index in [9.17, 15) is 0 Å². The van der Waals surface area contributed by atoms with Gasteiger partial charge in [-0.25, -0.2) is 0 Å². The van der Waals surface area contributed by atoms with Gasteiger partial charge in [-0.2, -0.15) is 0 Å². The third-order valence-corrected chi connectivity index (χ3v) is 6.45. The van der Waals surface area contributed by atoms with Gasteiger partial charge in [0.05, 0.1) is 0 Å². The monoisotopic (exact) mass is 325 g/mol. The second kappa shape index (κ2) is 8.23. The van der Waals surface area contributed by atoms with Crippen molar-refractivity contribution in [2.24, 2.45) is 23.7 Å². The van der Waals surface area contributed by atoms with Crippen LogP contribution < -0.4 is 5.32 Å². The van der Waals surface area contributed by atoms with Crippen molar-refractivity contribution in [3.05, 3.63) is 41.5 Å². The molecule has 3 saturated carbocycles. The maximum absolute atomic E-state index is 3.79. The minimum atomic E-state index is 0.813. The lowest BCUT2D eigenvalue weighted by Crippen LogP contribution is -2.42. The lowest BCUT2D eigenvalue weighted by molar-refractivity contribution is 0.0583. The molecule has 0 aliphatic heterocycles. The van der Waals surface area contributed by atoms with Crippen molar-refractivity contribution in [3.63, 3.8) is 0 Å². The van der Waals surface area contributed by atoms with Crippen molar-refractivity contribution in [1.82, 2.24) is 0 Å². The zero-order chi connectivity index (χ0) is 16.9. The molecule has 3 aliphatic carbocycles. The molecule has 24 heavy (non-hydrogen) atoms. The van der Waals surface area contributed by atoms with Crippen LogP contribution >= 0.6 is 0 Å². The van der Waals surface area contributed by atoms with E-state index in [4.69, 9.17) is 0 Å². The molecule has 2 bridgehead atoms. The molecule has 1 heteroatoms. The van der Waals surface area contributed by atoms with Gasteiger partial charge in [-0.3, -0.25) is 0 Å². The fraction of sp³-hybridized carbons (Fsp3) is 0.652. The Balaban J connectivity index is 1.65. The van der Waals surface area contributed by atoms with E-state index in [2.05, 4.69) is 56.4 Å². The van der Waals surface area contributed by atoms with E-state index in [1.165, 1.54) is 61.8 Å². The van der Waals surface area contributed by atoms with Crippen LogP contribution in [0.4, 0.5) is 5.69 Å². The van der Waals surface area contributed by atoms with Crippen LogP contribution in [0.15, 0.2) is 30.4 Å². The van der Waals surface area contributed by atoms with Gasteiger partial charge in [0.15, 0.2) is 0 Å². The summed E-state index contributed by atoms with van der Waals surface area (Å²) in [6.07, 6.45) is 14.8. The highest BCUT2D eigenvalue weighted by Crippen LogP contribution is 2.49. The second-order valence-electron chi connectivity index (χ2n) is 8.19. The summed E-state index contributed by atoms with van der Waals surface area (Å²) in [5.41, 5.74) is 4.06. The molecule has 3 fully saturated rings. The smallest absolute Gasteiger partial charge is 0.0370 e. The summed E-state index contributed by atoms with van der Waals surface area (Å²) >= 11 is 0. The molecule has 1 aromatic rings. The lowest BCUT2D eigenvalue weighted by Gasteiger charge is -2.48. The molecule has 0 heterocycles. The SMILES string of the molecule is CCCC/C=C\[C@H]1C2CCC(CC2)C1CNc1ccc(C)cc1C. The molecule has 1 nitrogen and oxygen atoms in total. The van der Waals surface area contributed by atoms with E-state index in [1.807, 2.05) is 0 Å². The number of benzene rings is 1. The molecule has 0 aromatic heterocycles. The predicted molar refractivity (Wildman–Crippen MR) is 105 cm³/mol. The van der Waals surface area contributed by atoms with E-state index in [1.54, 1.807) is 0 Å². The molecule has 0 amide bonds. The second-order valence-corrected chi connectivity index (χ2v) is 8.19. The van der Waals surface area contributed by atoms with Crippen molar-refractivity contribution in [2.75, 3.05) is 11.9 Å². The lowest BCUT2D eigenvalue weighted by atomic mass is 9.58. The van der Waals surface area contributed by atoms with E-state index in [0.717, 1.165) is 30.2 Å². The maximum Gasteiger partial charge on any atom is 0.0370 e. The number of anilines is 1. The number of rotatable bonds is 7. The Labute approximate surface area is 148 Å². The van der Waals surface area contributed by atoms with E-state index >= 15 is 0 Å². The predicted octanol–water partition coefficient (Wildman–Crippen LogP) is 6.51. The Kier molecular flexibility index (Phi) is 6.03. The summed E-state index contributed by atoms with van der Waals surface area (Å²) in [6.45, 7) is 7.83. The van der Waals surface area contributed by atoms with Gasteiger partial charge in [0.25, 0.3) is 0 Å². The van der Waals surface area contributed by atoms with Crippen molar-refractivity contribution < 1.29 is 0 Å². The zero-order valence-electron chi connectivity index (χ0n) is 15.9. The standard InChI is InChI=1S/C23H35N/c1-4-5-6-7-8-21-19-10-12-20(13-11-19)22(21)16-24-23-14-9-17(2)15-18(23)3/h7-9,14-15,19-22,24H,4-6,10-13,16H2,1-3H3/b8-7-/t19?,20?,21-,22?/m0/s1. The fourth-order valence-electron chi connectivity index (χ4n) is 5.04. The molecule has 2 atom stereocenters. The molecule has 4 rings (SSSR count). The molecule has 1 unspecified atom stereocenters. The van der Waals surface area contributed by atoms with Gasteiger partial charge in [-0.15, -0.1) is 0 Å². The van der Waals surface area contributed by atoms with Gasteiger partial charge < -0.3 is 5.32 Å². The Morgan fingerprint density at radius 1 is 1.08 bits per heavy atom.